The summed E-state index contributed by atoms with van der Waals surface area (Å²) in [6.45, 7) is -0.203. The average molecular weight is 812 g/mol. The predicted octanol–water partition coefficient (Wildman–Crippen LogP) is 4.77. The first-order valence-electron chi connectivity index (χ1n) is 19.8. The molecule has 3 aliphatic carbocycles. The zero-order valence-electron chi connectivity index (χ0n) is 31.4. The topological polar surface area (TPSA) is 195 Å². The summed E-state index contributed by atoms with van der Waals surface area (Å²) in [5.74, 6) is -6.55. The van der Waals surface area contributed by atoms with Gasteiger partial charge in [-0.15, -0.1) is 0 Å². The molecule has 5 aliphatic rings. The van der Waals surface area contributed by atoms with Crippen molar-refractivity contribution < 1.29 is 55.0 Å². The first kappa shape index (κ1) is 41.5. The second-order valence-corrected chi connectivity index (χ2v) is 18.0. The van der Waals surface area contributed by atoms with Crippen molar-refractivity contribution in [2.45, 2.75) is 151 Å². The second-order valence-electron chi connectivity index (χ2n) is 16.0. The maximum Gasteiger partial charge on any atom is 0.410 e. The Kier molecular flexibility index (Phi) is 13.0. The highest BCUT2D eigenvalue weighted by Crippen LogP contribution is 2.38. The summed E-state index contributed by atoms with van der Waals surface area (Å²) in [6.07, 6.45) is 2.00. The number of sulfonamides is 1. The predicted molar refractivity (Wildman–Crippen MR) is 194 cm³/mol. The highest BCUT2D eigenvalue weighted by molar-refractivity contribution is 7.90. The number of rotatable bonds is 16. The molecule has 4 N–H and O–H groups in total. The zero-order valence-corrected chi connectivity index (χ0v) is 32.2. The molecule has 6 rings (SSSR count). The zero-order chi connectivity index (χ0) is 40.2. The average Bonchev–Trinajstić information content (AvgIpc) is 3.50. The van der Waals surface area contributed by atoms with Gasteiger partial charge >= 0.3 is 12.2 Å². The number of primary amides is 1. The van der Waals surface area contributed by atoms with Crippen molar-refractivity contribution >= 4 is 39.9 Å². The number of hydrogen-bond donors (Lipinski definition) is 3. The van der Waals surface area contributed by atoms with Crippen LogP contribution in [0.3, 0.4) is 0 Å². The van der Waals surface area contributed by atoms with E-state index < -0.39 is 100 Å². The maximum absolute atomic E-state index is 15.4. The number of likely N-dealkylation sites (tertiary alicyclic amines) is 1. The molecule has 2 aliphatic heterocycles. The van der Waals surface area contributed by atoms with Crippen LogP contribution in [-0.2, 0) is 47.0 Å². The van der Waals surface area contributed by atoms with E-state index in [1.54, 1.807) is 6.07 Å². The molecule has 14 nitrogen and oxygen atoms in total. The van der Waals surface area contributed by atoms with E-state index in [-0.39, 0.29) is 44.5 Å². The van der Waals surface area contributed by atoms with Gasteiger partial charge in [0.2, 0.25) is 33.7 Å². The monoisotopic (exact) mass is 811 g/mol. The summed E-state index contributed by atoms with van der Waals surface area (Å²) in [7, 11) is -3.67. The fourth-order valence-electron chi connectivity index (χ4n) is 8.59. The van der Waals surface area contributed by atoms with Gasteiger partial charge in [-0.3, -0.25) is 24.0 Å². The molecule has 1 unspecified atom stereocenters. The number of ether oxygens (including phenoxy) is 2. The molecule has 0 aromatic heterocycles. The number of carbonyl (C=O) groups is 5. The summed E-state index contributed by atoms with van der Waals surface area (Å²) in [6, 6.07) is 1.77. The van der Waals surface area contributed by atoms with Crippen LogP contribution in [0.15, 0.2) is 18.2 Å². The molecule has 5 atom stereocenters. The summed E-state index contributed by atoms with van der Waals surface area (Å²) >= 11 is 0. The molecule has 1 aromatic carbocycles. The number of nitrogens with two attached hydrogens (primary N) is 1. The Labute approximate surface area is 324 Å². The molecule has 4 fully saturated rings. The van der Waals surface area contributed by atoms with E-state index in [0.717, 1.165) is 24.2 Å². The minimum absolute atomic E-state index is 0.0240. The fraction of sp³-hybridized carbons (Fsp3) is 0.711. The van der Waals surface area contributed by atoms with E-state index in [1.165, 1.54) is 17.0 Å². The molecule has 0 bridgehead atoms. The van der Waals surface area contributed by atoms with Crippen LogP contribution >= 0.6 is 0 Å². The summed E-state index contributed by atoms with van der Waals surface area (Å²) < 4.78 is 82.9. The van der Waals surface area contributed by atoms with E-state index in [2.05, 4.69) is 10.0 Å². The first-order valence-corrected chi connectivity index (χ1v) is 21.4. The molecule has 0 spiro atoms. The number of nitrogens with zero attached hydrogens (tertiary/aromatic N) is 2. The van der Waals surface area contributed by atoms with Gasteiger partial charge in [0, 0.05) is 37.3 Å². The Hall–Kier alpha value is -4.09. The lowest BCUT2D eigenvalue weighted by Gasteiger charge is -2.29. The third-order valence-corrected chi connectivity index (χ3v) is 13.7. The van der Waals surface area contributed by atoms with E-state index in [0.29, 0.717) is 62.5 Å². The molecule has 5 amide bonds. The Morgan fingerprint density at radius 2 is 1.68 bits per heavy atom. The van der Waals surface area contributed by atoms with E-state index in [9.17, 15) is 36.8 Å². The number of hydrogen-bond acceptors (Lipinski definition) is 9. The molecule has 1 aromatic rings. The first-order chi connectivity index (χ1) is 26.6. The Morgan fingerprint density at radius 3 is 2.38 bits per heavy atom. The lowest BCUT2D eigenvalue weighted by Crippen LogP contribution is -2.53. The van der Waals surface area contributed by atoms with Crippen molar-refractivity contribution in [3.8, 4) is 0 Å². The SMILES string of the molecule is NC(=O)[C@@H]1C[C@@H](OC(=O)N2Cc3cccc(F)c3C2)CN1C(=O)[C@H](CCC(F)(F)CCCC[C@@H]1CCCC1C(=O)NS(=O)(=O)C1CC1)NC(=O)OC1CCCC1. The number of carbonyl (C=O) groups excluding carboxylic acids is 5. The van der Waals surface area contributed by atoms with Gasteiger partial charge in [0.05, 0.1) is 18.3 Å². The van der Waals surface area contributed by atoms with Gasteiger partial charge in [-0.05, 0) is 88.2 Å². The van der Waals surface area contributed by atoms with E-state index >= 15 is 8.78 Å². The highest BCUT2D eigenvalue weighted by atomic mass is 32.2. The largest absolute Gasteiger partial charge is 0.446 e. The van der Waals surface area contributed by atoms with Gasteiger partial charge in [0.15, 0.2) is 0 Å². The number of unbranched alkanes of at least 4 members (excludes halogenated alkanes) is 1. The van der Waals surface area contributed by atoms with Crippen molar-refractivity contribution in [1.29, 1.82) is 0 Å². The van der Waals surface area contributed by atoms with Gasteiger partial charge in [0.25, 0.3) is 0 Å². The maximum atomic E-state index is 15.4. The van der Waals surface area contributed by atoms with Gasteiger partial charge in [-0.25, -0.2) is 31.2 Å². The number of nitrogens with one attached hydrogen (secondary N) is 2. The molecule has 310 valence electrons. The number of fused-ring (bicyclic) bond motifs is 1. The van der Waals surface area contributed by atoms with Crippen LogP contribution in [0.5, 0.6) is 0 Å². The van der Waals surface area contributed by atoms with Crippen LogP contribution in [0.25, 0.3) is 0 Å². The van der Waals surface area contributed by atoms with Crippen LogP contribution in [0, 0.1) is 17.7 Å². The van der Waals surface area contributed by atoms with Crippen molar-refractivity contribution in [1.82, 2.24) is 19.8 Å². The van der Waals surface area contributed by atoms with Crippen LogP contribution < -0.4 is 15.8 Å². The van der Waals surface area contributed by atoms with Crippen molar-refractivity contribution in [3.63, 3.8) is 0 Å². The normalized spacial score (nSPS) is 24.5. The van der Waals surface area contributed by atoms with Crippen LogP contribution in [0.2, 0.25) is 0 Å². The molecular formula is C38H52F3N5O9S. The standard InChI is InChI=1S/C38H52F3N5O9S/c39-30-13-6-9-24-20-45(22-29(24)30)37(51)55-26-19-32(33(42)47)46(21-26)35(49)31(43-36(50)54-25-10-1-2-11-25)16-18-38(40,41)17-4-3-7-23-8-5-12-28(23)34(48)44-56(52,53)27-14-15-27/h6,9,13,23,25-28,31-32H,1-5,7-8,10-12,14-22H2,(H2,42,47)(H,43,50)(H,44,48)/t23-,26-,28?,31+,32+/m1/s1. The van der Waals surface area contributed by atoms with Crippen molar-refractivity contribution in [3.05, 3.63) is 35.1 Å². The van der Waals surface area contributed by atoms with Gasteiger partial charge in [0.1, 0.15) is 30.1 Å². The van der Waals surface area contributed by atoms with E-state index in [4.69, 9.17) is 15.2 Å². The summed E-state index contributed by atoms with van der Waals surface area (Å²) in [5, 5.41) is 1.92. The minimum Gasteiger partial charge on any atom is -0.446 e. The Morgan fingerprint density at radius 1 is 0.929 bits per heavy atom. The number of halogens is 3. The third kappa shape index (κ3) is 10.4. The molecule has 3 saturated carbocycles. The van der Waals surface area contributed by atoms with Crippen molar-refractivity contribution in [2.75, 3.05) is 6.54 Å². The molecule has 18 heteroatoms. The smallest absolute Gasteiger partial charge is 0.410 e. The Balaban J connectivity index is 1.03. The molecule has 56 heavy (non-hydrogen) atoms. The number of benzene rings is 1. The molecule has 1 saturated heterocycles. The van der Waals surface area contributed by atoms with Crippen LogP contribution in [0.4, 0.5) is 22.8 Å². The van der Waals surface area contributed by atoms with Crippen molar-refractivity contribution in [2.24, 2.45) is 17.6 Å². The third-order valence-electron chi connectivity index (χ3n) is 11.9. The fourth-order valence-corrected chi connectivity index (χ4v) is 9.95. The van der Waals surface area contributed by atoms with Crippen LogP contribution in [0.1, 0.15) is 114 Å². The second kappa shape index (κ2) is 17.6. The van der Waals surface area contributed by atoms with E-state index in [1.807, 2.05) is 0 Å². The highest BCUT2D eigenvalue weighted by Gasteiger charge is 2.45. The number of alkyl halides is 2. The lowest BCUT2D eigenvalue weighted by atomic mass is 9.89. The molecule has 2 heterocycles. The molecular weight excluding hydrogens is 760 g/mol. The quantitative estimate of drug-likeness (QED) is 0.197. The van der Waals surface area contributed by atoms with Gasteiger partial charge in [-0.1, -0.05) is 25.0 Å². The van der Waals surface area contributed by atoms with Gasteiger partial charge in [-0.2, -0.15) is 0 Å². The van der Waals surface area contributed by atoms with Gasteiger partial charge < -0.3 is 25.4 Å². The Bertz CT molecular complexity index is 1760. The molecule has 0 radical (unpaired) electrons. The lowest BCUT2D eigenvalue weighted by molar-refractivity contribution is -0.139. The summed E-state index contributed by atoms with van der Waals surface area (Å²) in [5.41, 5.74) is 6.63. The minimum atomic E-state index is -3.67. The van der Waals surface area contributed by atoms with Crippen LogP contribution in [-0.4, -0.2) is 90.1 Å². The summed E-state index contributed by atoms with van der Waals surface area (Å²) in [4.78, 5) is 67.6. The number of alkyl carbamates (subject to hydrolysis) is 1. The number of amides is 5.